The Bertz CT molecular complexity index is 1270. The molecule has 1 fully saturated rings. The van der Waals surface area contributed by atoms with Gasteiger partial charge in [-0.05, 0) is 73.0 Å². The van der Waals surface area contributed by atoms with E-state index in [2.05, 4.69) is 11.4 Å². The highest BCUT2D eigenvalue weighted by molar-refractivity contribution is 7.89. The maximum Gasteiger partial charge on any atom is 0.243 e. The number of sulfonamides is 1. The average molecular weight is 501 g/mol. The Morgan fingerprint density at radius 3 is 2.45 bits per heavy atom. The van der Waals surface area contributed by atoms with Crippen molar-refractivity contribution in [3.63, 3.8) is 0 Å². The first kappa shape index (κ1) is 22.6. The first-order chi connectivity index (χ1) is 15.8. The van der Waals surface area contributed by atoms with Gasteiger partial charge in [0.15, 0.2) is 0 Å². The van der Waals surface area contributed by atoms with E-state index in [9.17, 15) is 13.2 Å². The number of halogens is 1. The van der Waals surface area contributed by atoms with E-state index in [0.29, 0.717) is 11.6 Å². The third kappa shape index (κ3) is 4.47. The quantitative estimate of drug-likeness (QED) is 0.476. The summed E-state index contributed by atoms with van der Waals surface area (Å²) in [7, 11) is -3.76. The van der Waals surface area contributed by atoms with Crippen LogP contribution in [0.4, 0.5) is 0 Å². The van der Waals surface area contributed by atoms with Crippen molar-refractivity contribution in [3.8, 4) is 0 Å². The topological polar surface area (TPSA) is 57.7 Å². The van der Waals surface area contributed by atoms with E-state index in [1.165, 1.54) is 9.18 Å². The Labute approximate surface area is 203 Å². The molecular formula is C25H25ClN2O3S2. The van der Waals surface area contributed by atoms with Crippen LogP contribution in [0.15, 0.2) is 64.9 Å². The van der Waals surface area contributed by atoms with Crippen LogP contribution in [0.5, 0.6) is 0 Å². The number of fused-ring (bicyclic) bond motifs is 1. The molecule has 0 bridgehead atoms. The zero-order valence-corrected chi connectivity index (χ0v) is 20.7. The van der Waals surface area contributed by atoms with Crippen molar-refractivity contribution in [2.75, 3.05) is 13.1 Å². The van der Waals surface area contributed by atoms with Gasteiger partial charge in [0.2, 0.25) is 15.9 Å². The number of hydrogen-bond acceptors (Lipinski definition) is 4. The second-order valence-corrected chi connectivity index (χ2v) is 12.0. The number of rotatable bonds is 6. The maximum atomic E-state index is 13.7. The van der Waals surface area contributed by atoms with Crippen molar-refractivity contribution in [2.24, 2.45) is 0 Å². The Balaban J connectivity index is 1.46. The van der Waals surface area contributed by atoms with Gasteiger partial charge in [0.1, 0.15) is 0 Å². The van der Waals surface area contributed by atoms with Crippen LogP contribution in [0.3, 0.4) is 0 Å². The summed E-state index contributed by atoms with van der Waals surface area (Å²) in [5.74, 6) is -0.172. The number of hydrogen-bond donors (Lipinski definition) is 0. The number of benzene rings is 2. The molecule has 172 valence electrons. The van der Waals surface area contributed by atoms with Gasteiger partial charge in [-0.25, -0.2) is 8.42 Å². The number of amides is 1. The maximum absolute atomic E-state index is 13.7. The lowest BCUT2D eigenvalue weighted by Crippen LogP contribution is -2.47. The van der Waals surface area contributed by atoms with Crippen LogP contribution >= 0.6 is 22.9 Å². The summed E-state index contributed by atoms with van der Waals surface area (Å²) in [5.41, 5.74) is 3.08. The van der Waals surface area contributed by atoms with Gasteiger partial charge < -0.3 is 4.90 Å². The molecule has 0 saturated heterocycles. The fraction of sp³-hybridized carbons (Fsp3) is 0.320. The highest BCUT2D eigenvalue weighted by Crippen LogP contribution is 2.39. The van der Waals surface area contributed by atoms with Gasteiger partial charge >= 0.3 is 0 Å². The van der Waals surface area contributed by atoms with Crippen molar-refractivity contribution in [3.05, 3.63) is 86.6 Å². The van der Waals surface area contributed by atoms with E-state index in [4.69, 9.17) is 11.6 Å². The largest absolute Gasteiger partial charge is 0.330 e. The number of carbonyl (C=O) groups excluding carboxylic acids is 1. The number of carbonyl (C=O) groups is 1. The smallest absolute Gasteiger partial charge is 0.243 e. The molecule has 1 aliphatic carbocycles. The molecular weight excluding hydrogens is 476 g/mol. The third-order valence-electron chi connectivity index (χ3n) is 6.34. The van der Waals surface area contributed by atoms with Gasteiger partial charge in [0.05, 0.1) is 17.5 Å². The molecule has 5 nitrogen and oxygen atoms in total. The van der Waals surface area contributed by atoms with E-state index in [-0.39, 0.29) is 29.4 Å². The summed E-state index contributed by atoms with van der Waals surface area (Å²) < 4.78 is 28.3. The van der Waals surface area contributed by atoms with Gasteiger partial charge in [0, 0.05) is 22.5 Å². The van der Waals surface area contributed by atoms with Crippen molar-refractivity contribution >= 4 is 38.9 Å². The van der Waals surface area contributed by atoms with Crippen LogP contribution in [0, 0.1) is 6.92 Å². The van der Waals surface area contributed by atoms with E-state index in [0.717, 1.165) is 36.0 Å². The molecule has 33 heavy (non-hydrogen) atoms. The predicted octanol–water partition coefficient (Wildman–Crippen LogP) is 5.04. The summed E-state index contributed by atoms with van der Waals surface area (Å²) in [5, 5.41) is 2.70. The SMILES string of the molecule is Cc1ccc(S(=O)(=O)N(CC(=O)N2CCc3sccc3C2c2ccc(Cl)cc2)C2CC2)cc1. The van der Waals surface area contributed by atoms with Gasteiger partial charge in [-0.3, -0.25) is 4.79 Å². The van der Waals surface area contributed by atoms with Crippen LogP contribution < -0.4 is 0 Å². The van der Waals surface area contributed by atoms with E-state index < -0.39 is 10.0 Å². The Morgan fingerprint density at radius 1 is 1.09 bits per heavy atom. The lowest BCUT2D eigenvalue weighted by Gasteiger charge is -2.37. The van der Waals surface area contributed by atoms with Crippen LogP contribution in [0.2, 0.25) is 5.02 Å². The molecule has 1 atom stereocenters. The van der Waals surface area contributed by atoms with E-state index >= 15 is 0 Å². The predicted molar refractivity (Wildman–Crippen MR) is 131 cm³/mol. The molecule has 2 aromatic carbocycles. The van der Waals surface area contributed by atoms with E-state index in [1.54, 1.807) is 35.6 Å². The molecule has 8 heteroatoms. The van der Waals surface area contributed by atoms with Crippen molar-refractivity contribution in [1.29, 1.82) is 0 Å². The van der Waals surface area contributed by atoms with Gasteiger partial charge in [0.25, 0.3) is 0 Å². The molecule has 1 aliphatic heterocycles. The van der Waals surface area contributed by atoms with Crippen molar-refractivity contribution in [2.45, 2.75) is 43.2 Å². The first-order valence-electron chi connectivity index (χ1n) is 11.0. The van der Waals surface area contributed by atoms with E-state index in [1.807, 2.05) is 36.1 Å². The first-order valence-corrected chi connectivity index (χ1v) is 13.7. The zero-order valence-electron chi connectivity index (χ0n) is 18.3. The average Bonchev–Trinajstić information content (AvgIpc) is 3.53. The summed E-state index contributed by atoms with van der Waals surface area (Å²) >= 11 is 7.81. The van der Waals surface area contributed by atoms with Gasteiger partial charge in [-0.1, -0.05) is 41.4 Å². The number of aryl methyl sites for hydroxylation is 1. The fourth-order valence-electron chi connectivity index (χ4n) is 4.43. The van der Waals surface area contributed by atoms with Crippen LogP contribution in [0.25, 0.3) is 0 Å². The third-order valence-corrected chi connectivity index (χ3v) is 9.51. The lowest BCUT2D eigenvalue weighted by molar-refractivity contribution is -0.133. The van der Waals surface area contributed by atoms with Crippen LogP contribution in [-0.2, 0) is 21.2 Å². The molecule has 1 unspecified atom stereocenters. The lowest BCUT2D eigenvalue weighted by atomic mass is 9.93. The summed E-state index contributed by atoms with van der Waals surface area (Å²) in [6, 6.07) is 16.1. The molecule has 0 radical (unpaired) electrons. The number of nitrogens with zero attached hydrogens (tertiary/aromatic N) is 2. The minimum Gasteiger partial charge on any atom is -0.330 e. The van der Waals surface area contributed by atoms with Crippen molar-refractivity contribution < 1.29 is 13.2 Å². The summed E-state index contributed by atoms with van der Waals surface area (Å²) in [4.78, 5) is 17.0. The molecule has 5 rings (SSSR count). The summed E-state index contributed by atoms with van der Waals surface area (Å²) in [6.45, 7) is 2.33. The van der Waals surface area contributed by atoms with Gasteiger partial charge in [-0.2, -0.15) is 4.31 Å². The summed E-state index contributed by atoms with van der Waals surface area (Å²) in [6.07, 6.45) is 2.35. The second kappa shape index (κ2) is 8.87. The Morgan fingerprint density at radius 2 is 1.79 bits per heavy atom. The minimum absolute atomic E-state index is 0.115. The molecule has 1 saturated carbocycles. The van der Waals surface area contributed by atoms with Crippen LogP contribution in [-0.4, -0.2) is 42.7 Å². The zero-order chi connectivity index (χ0) is 23.2. The molecule has 1 amide bonds. The van der Waals surface area contributed by atoms with Crippen LogP contribution in [0.1, 0.15) is 40.5 Å². The normalized spacial score (nSPS) is 18.4. The number of thiophene rings is 1. The highest BCUT2D eigenvalue weighted by Gasteiger charge is 2.41. The fourth-order valence-corrected chi connectivity index (χ4v) is 7.10. The standard InChI is InChI=1S/C25H25ClN2O3S2/c1-17-2-10-21(11-3-17)33(30,31)28(20-8-9-20)16-24(29)27-14-12-23-22(13-15-32-23)25(27)18-4-6-19(26)7-5-18/h2-7,10-11,13,15,20,25H,8-9,12,14,16H2,1H3. The van der Waals surface area contributed by atoms with Gasteiger partial charge in [-0.15, -0.1) is 11.3 Å². The monoisotopic (exact) mass is 500 g/mol. The Kier molecular flexibility index (Phi) is 6.07. The minimum atomic E-state index is -3.76. The van der Waals surface area contributed by atoms with Crippen molar-refractivity contribution in [1.82, 2.24) is 9.21 Å². The Hall–Kier alpha value is -2.19. The molecule has 1 aromatic heterocycles. The second-order valence-electron chi connectivity index (χ2n) is 8.68. The highest BCUT2D eigenvalue weighted by atomic mass is 35.5. The molecule has 2 heterocycles. The molecule has 3 aromatic rings. The molecule has 0 spiro atoms. The molecule has 2 aliphatic rings. The molecule has 0 N–H and O–H groups in total.